The first kappa shape index (κ1) is 29.4. The van der Waals surface area contributed by atoms with Crippen molar-refractivity contribution in [2.45, 2.75) is 19.7 Å². The van der Waals surface area contributed by atoms with E-state index >= 15 is 0 Å². The SMILES string of the molecule is COc1cc(/C=C2/SC(=NCc3ccccc3)N(Cc3ccccc3)C2=O)cc(I)c1OCc1ccc(C(=O)O)cc1. The van der Waals surface area contributed by atoms with Gasteiger partial charge < -0.3 is 14.6 Å². The molecule has 4 aromatic rings. The third-order valence-electron chi connectivity index (χ3n) is 6.44. The third kappa shape index (κ3) is 7.21. The van der Waals surface area contributed by atoms with E-state index in [1.807, 2.05) is 78.9 Å². The number of hydrogen-bond donors (Lipinski definition) is 1. The Morgan fingerprint density at radius 2 is 1.62 bits per heavy atom. The first-order chi connectivity index (χ1) is 20.4. The van der Waals surface area contributed by atoms with Gasteiger partial charge >= 0.3 is 5.97 Å². The Labute approximate surface area is 262 Å². The average molecular weight is 691 g/mol. The van der Waals surface area contributed by atoms with E-state index in [2.05, 4.69) is 22.6 Å². The third-order valence-corrected chi connectivity index (χ3v) is 8.29. The molecule has 1 aliphatic rings. The summed E-state index contributed by atoms with van der Waals surface area (Å²) in [6, 6.07) is 30.2. The zero-order valence-corrected chi connectivity index (χ0v) is 25.7. The lowest BCUT2D eigenvalue weighted by atomic mass is 10.1. The Balaban J connectivity index is 1.38. The van der Waals surface area contributed by atoms with Gasteiger partial charge in [0.2, 0.25) is 0 Å². The highest BCUT2D eigenvalue weighted by atomic mass is 127. The number of amides is 1. The molecule has 0 aliphatic carbocycles. The number of amidine groups is 1. The molecular formula is C33H27IN2O5S. The van der Waals surface area contributed by atoms with Gasteiger partial charge in [-0.05, 0) is 86.9 Å². The first-order valence-corrected chi connectivity index (χ1v) is 15.0. The summed E-state index contributed by atoms with van der Waals surface area (Å²) < 4.78 is 12.5. The topological polar surface area (TPSA) is 88.4 Å². The van der Waals surface area contributed by atoms with Gasteiger partial charge in [-0.2, -0.15) is 0 Å². The van der Waals surface area contributed by atoms with E-state index in [9.17, 15) is 9.59 Å². The molecule has 212 valence electrons. The predicted molar refractivity (Wildman–Crippen MR) is 174 cm³/mol. The fraction of sp³-hybridized carbons (Fsp3) is 0.121. The summed E-state index contributed by atoms with van der Waals surface area (Å²) >= 11 is 3.55. The lowest BCUT2D eigenvalue weighted by molar-refractivity contribution is -0.122. The van der Waals surface area contributed by atoms with Crippen molar-refractivity contribution < 1.29 is 24.2 Å². The number of halogens is 1. The number of benzene rings is 4. The van der Waals surface area contributed by atoms with Crippen LogP contribution < -0.4 is 9.47 Å². The van der Waals surface area contributed by atoms with Crippen LogP contribution in [0.25, 0.3) is 6.08 Å². The summed E-state index contributed by atoms with van der Waals surface area (Å²) in [7, 11) is 1.57. The van der Waals surface area contributed by atoms with Crippen LogP contribution in [0.3, 0.4) is 0 Å². The molecule has 7 nitrogen and oxygen atoms in total. The van der Waals surface area contributed by atoms with E-state index in [1.54, 1.807) is 36.3 Å². The lowest BCUT2D eigenvalue weighted by Crippen LogP contribution is -2.28. The molecule has 0 aromatic heterocycles. The van der Waals surface area contributed by atoms with Gasteiger partial charge in [0.05, 0.1) is 34.2 Å². The smallest absolute Gasteiger partial charge is 0.335 e. The number of carbonyl (C=O) groups is 2. The number of rotatable bonds is 10. The van der Waals surface area contributed by atoms with Crippen molar-refractivity contribution in [3.8, 4) is 11.5 Å². The number of carboxylic acid groups (broad SMARTS) is 1. The van der Waals surface area contributed by atoms with Crippen molar-refractivity contribution in [2.75, 3.05) is 7.11 Å². The number of aliphatic imine (C=N–C) groups is 1. The molecule has 1 heterocycles. The highest BCUT2D eigenvalue weighted by molar-refractivity contribution is 14.1. The van der Waals surface area contributed by atoms with Crippen LogP contribution in [0.2, 0.25) is 0 Å². The van der Waals surface area contributed by atoms with Crippen LogP contribution in [0.5, 0.6) is 11.5 Å². The zero-order chi connectivity index (χ0) is 29.5. The van der Waals surface area contributed by atoms with Crippen molar-refractivity contribution in [1.29, 1.82) is 0 Å². The maximum atomic E-state index is 13.6. The van der Waals surface area contributed by atoms with Crippen LogP contribution in [0, 0.1) is 3.57 Å². The molecule has 0 spiro atoms. The molecule has 4 aromatic carbocycles. The molecule has 0 radical (unpaired) electrons. The van der Waals surface area contributed by atoms with Crippen LogP contribution in [-0.2, 0) is 24.5 Å². The summed E-state index contributed by atoms with van der Waals surface area (Å²) in [4.78, 5) is 31.9. The van der Waals surface area contributed by atoms with Gasteiger partial charge in [-0.15, -0.1) is 0 Å². The van der Waals surface area contributed by atoms with Crippen LogP contribution >= 0.6 is 34.4 Å². The largest absolute Gasteiger partial charge is 0.493 e. The van der Waals surface area contributed by atoms with E-state index in [4.69, 9.17) is 19.6 Å². The fourth-order valence-electron chi connectivity index (χ4n) is 4.29. The Morgan fingerprint density at radius 3 is 2.26 bits per heavy atom. The number of carboxylic acids is 1. The van der Waals surface area contributed by atoms with Gasteiger partial charge in [0.15, 0.2) is 16.7 Å². The second kappa shape index (κ2) is 13.7. The van der Waals surface area contributed by atoms with Gasteiger partial charge in [-0.25, -0.2) is 4.79 Å². The van der Waals surface area contributed by atoms with Crippen LogP contribution in [0.4, 0.5) is 0 Å². The van der Waals surface area contributed by atoms with Gasteiger partial charge in [0.1, 0.15) is 6.61 Å². The Morgan fingerprint density at radius 1 is 0.952 bits per heavy atom. The fourth-order valence-corrected chi connectivity index (χ4v) is 6.04. The molecule has 1 N–H and O–H groups in total. The summed E-state index contributed by atoms with van der Waals surface area (Å²) in [5.74, 6) is 0.0316. The highest BCUT2D eigenvalue weighted by Crippen LogP contribution is 2.38. The average Bonchev–Trinajstić information content (AvgIpc) is 3.29. The number of aromatic carboxylic acids is 1. The van der Waals surface area contributed by atoms with E-state index < -0.39 is 5.97 Å². The molecule has 1 amide bonds. The number of hydrogen-bond acceptors (Lipinski definition) is 6. The molecule has 0 atom stereocenters. The van der Waals surface area contributed by atoms with Crippen molar-refractivity contribution >= 4 is 57.5 Å². The zero-order valence-electron chi connectivity index (χ0n) is 22.7. The molecule has 9 heteroatoms. The summed E-state index contributed by atoms with van der Waals surface area (Å²) in [6.07, 6.45) is 1.86. The number of ether oxygens (including phenoxy) is 2. The molecular weight excluding hydrogens is 663 g/mol. The van der Waals surface area contributed by atoms with Crippen molar-refractivity contribution in [3.05, 3.63) is 133 Å². The van der Waals surface area contributed by atoms with Gasteiger partial charge in [0, 0.05) is 0 Å². The van der Waals surface area contributed by atoms with E-state index in [-0.39, 0.29) is 18.1 Å². The summed E-state index contributed by atoms with van der Waals surface area (Å²) in [6.45, 7) is 1.15. The normalized spacial score (nSPS) is 14.9. The minimum Gasteiger partial charge on any atom is -0.493 e. The molecule has 1 fully saturated rings. The summed E-state index contributed by atoms with van der Waals surface area (Å²) in [5, 5.41) is 9.78. The van der Waals surface area contributed by atoms with Crippen LogP contribution in [0.1, 0.15) is 32.6 Å². The number of carbonyl (C=O) groups excluding carboxylic acids is 1. The Bertz CT molecular complexity index is 1640. The molecule has 1 saturated heterocycles. The number of nitrogens with zero attached hydrogens (tertiary/aromatic N) is 2. The minimum absolute atomic E-state index is 0.102. The standard InChI is InChI=1S/C33H27IN2O5S/c1-40-28-17-25(16-27(34)30(28)41-21-24-12-14-26(15-13-24)32(38)39)18-29-31(37)36(20-23-10-6-3-7-11-23)33(42-29)35-19-22-8-4-2-5-9-22/h2-18H,19-21H2,1H3,(H,38,39)/b29-18+,35-33?. The second-order valence-electron chi connectivity index (χ2n) is 9.40. The van der Waals surface area contributed by atoms with Crippen molar-refractivity contribution in [2.24, 2.45) is 4.99 Å². The number of methoxy groups -OCH3 is 1. The van der Waals surface area contributed by atoms with Crippen LogP contribution in [0.15, 0.2) is 107 Å². The second-order valence-corrected chi connectivity index (χ2v) is 11.6. The maximum absolute atomic E-state index is 13.6. The first-order valence-electron chi connectivity index (χ1n) is 13.1. The maximum Gasteiger partial charge on any atom is 0.335 e. The Hall–Kier alpha value is -4.09. The number of thioether (sulfide) groups is 1. The van der Waals surface area contributed by atoms with Crippen molar-refractivity contribution in [3.63, 3.8) is 0 Å². The van der Waals surface area contributed by atoms with Gasteiger partial charge in [0.25, 0.3) is 5.91 Å². The highest BCUT2D eigenvalue weighted by Gasteiger charge is 2.33. The van der Waals surface area contributed by atoms with E-state index in [0.29, 0.717) is 34.7 Å². The quantitative estimate of drug-likeness (QED) is 0.139. The van der Waals surface area contributed by atoms with Gasteiger partial charge in [-0.3, -0.25) is 14.7 Å². The lowest BCUT2D eigenvalue weighted by Gasteiger charge is -2.16. The molecule has 0 bridgehead atoms. The minimum atomic E-state index is -0.972. The predicted octanol–water partition coefficient (Wildman–Crippen LogP) is 7.25. The molecule has 0 saturated carbocycles. The monoisotopic (exact) mass is 690 g/mol. The molecule has 42 heavy (non-hydrogen) atoms. The molecule has 1 aliphatic heterocycles. The van der Waals surface area contributed by atoms with Crippen LogP contribution in [-0.4, -0.2) is 34.2 Å². The summed E-state index contributed by atoms with van der Waals surface area (Å²) in [5.41, 5.74) is 3.95. The molecule has 0 unspecified atom stereocenters. The Kier molecular flexibility index (Phi) is 9.60. The van der Waals surface area contributed by atoms with E-state index in [1.165, 1.54) is 11.8 Å². The van der Waals surface area contributed by atoms with E-state index in [0.717, 1.165) is 25.8 Å². The van der Waals surface area contributed by atoms with Gasteiger partial charge in [-0.1, -0.05) is 72.8 Å². The molecule has 5 rings (SSSR count). The van der Waals surface area contributed by atoms with Crippen molar-refractivity contribution in [1.82, 2.24) is 4.90 Å².